The molecule has 0 unspecified atom stereocenters. The molecule has 0 bridgehead atoms. The molecule has 1 rings (SSSR count). The van der Waals surface area contributed by atoms with Crippen molar-refractivity contribution in [2.24, 2.45) is 0 Å². The minimum absolute atomic E-state index is 0.0485. The molecule has 1 aromatic carbocycles. The van der Waals surface area contributed by atoms with Gasteiger partial charge in [0.15, 0.2) is 0 Å². The Balaban J connectivity index is 1.79. The largest absolute Gasteiger partial charge is 0.381 e. The van der Waals surface area contributed by atoms with Crippen molar-refractivity contribution in [3.63, 3.8) is 0 Å². The molecule has 1 nitrogen and oxygen atoms in total. The number of halogens is 1. The third kappa shape index (κ3) is 11.3. The molecule has 0 aromatic heterocycles. The monoisotopic (exact) mass is 322 g/mol. The Morgan fingerprint density at radius 3 is 1.91 bits per heavy atom. The van der Waals surface area contributed by atoms with E-state index in [4.69, 9.17) is 4.74 Å². The van der Waals surface area contributed by atoms with Crippen molar-refractivity contribution in [1.82, 2.24) is 0 Å². The van der Waals surface area contributed by atoms with Crippen LogP contribution in [0.25, 0.3) is 0 Å². The maximum atomic E-state index is 13.4. The predicted octanol–water partition coefficient (Wildman–Crippen LogP) is 6.70. The Bertz CT molecular complexity index is 378. The molecule has 0 spiro atoms. The van der Waals surface area contributed by atoms with E-state index in [1.54, 1.807) is 12.1 Å². The van der Waals surface area contributed by atoms with Gasteiger partial charge >= 0.3 is 0 Å². The van der Waals surface area contributed by atoms with E-state index in [0.717, 1.165) is 38.0 Å². The standard InChI is InChI=1S/C21H35FO/c1-2-18-23-19-14-10-8-6-4-3-5-7-9-11-15-20-16-12-13-17-21(20)22/h12-13,16-17H,2-11,14-15,18-19H2,1H3. The second kappa shape index (κ2) is 14.7. The second-order valence-electron chi connectivity index (χ2n) is 6.49. The molecule has 0 radical (unpaired) electrons. The van der Waals surface area contributed by atoms with Gasteiger partial charge in [-0.15, -0.1) is 0 Å². The van der Waals surface area contributed by atoms with E-state index in [-0.39, 0.29) is 5.82 Å². The van der Waals surface area contributed by atoms with E-state index < -0.39 is 0 Å². The molecule has 1 aromatic rings. The van der Waals surface area contributed by atoms with Crippen molar-refractivity contribution in [3.8, 4) is 0 Å². The quantitative estimate of drug-likeness (QED) is 0.327. The van der Waals surface area contributed by atoms with Crippen LogP contribution in [0.15, 0.2) is 24.3 Å². The maximum Gasteiger partial charge on any atom is 0.126 e. The van der Waals surface area contributed by atoms with Gasteiger partial charge in [0.2, 0.25) is 0 Å². The topological polar surface area (TPSA) is 9.23 Å². The van der Waals surface area contributed by atoms with Crippen LogP contribution >= 0.6 is 0 Å². The summed E-state index contributed by atoms with van der Waals surface area (Å²) in [4.78, 5) is 0. The molecule has 0 fully saturated rings. The molecule has 0 amide bonds. The van der Waals surface area contributed by atoms with Crippen molar-refractivity contribution < 1.29 is 9.13 Å². The van der Waals surface area contributed by atoms with Gasteiger partial charge in [0.05, 0.1) is 0 Å². The maximum absolute atomic E-state index is 13.4. The Morgan fingerprint density at radius 1 is 0.739 bits per heavy atom. The molecule has 0 N–H and O–H groups in total. The van der Waals surface area contributed by atoms with Crippen molar-refractivity contribution in [2.45, 2.75) is 84.0 Å². The molecular formula is C21H35FO. The predicted molar refractivity (Wildman–Crippen MR) is 97.4 cm³/mol. The summed E-state index contributed by atoms with van der Waals surface area (Å²) >= 11 is 0. The molecule has 132 valence electrons. The first kappa shape index (κ1) is 20.2. The van der Waals surface area contributed by atoms with Crippen LogP contribution in [0.3, 0.4) is 0 Å². The van der Waals surface area contributed by atoms with Crippen LogP contribution in [0.2, 0.25) is 0 Å². The summed E-state index contributed by atoms with van der Waals surface area (Å²) in [6, 6.07) is 7.15. The van der Waals surface area contributed by atoms with Gasteiger partial charge in [0.25, 0.3) is 0 Å². The zero-order chi connectivity index (χ0) is 16.6. The van der Waals surface area contributed by atoms with Gasteiger partial charge in [0.1, 0.15) is 5.82 Å². The van der Waals surface area contributed by atoms with Crippen LogP contribution in [-0.2, 0) is 11.2 Å². The fourth-order valence-corrected chi connectivity index (χ4v) is 2.88. The first-order valence-electron chi connectivity index (χ1n) is 9.65. The highest BCUT2D eigenvalue weighted by Crippen LogP contribution is 2.14. The summed E-state index contributed by atoms with van der Waals surface area (Å²) in [5.74, 6) is -0.0485. The normalized spacial score (nSPS) is 11.0. The van der Waals surface area contributed by atoms with Crippen LogP contribution in [0.1, 0.15) is 83.1 Å². The molecule has 0 saturated carbocycles. The minimum Gasteiger partial charge on any atom is -0.381 e. The van der Waals surface area contributed by atoms with Crippen LogP contribution in [0.5, 0.6) is 0 Å². The van der Waals surface area contributed by atoms with Crippen molar-refractivity contribution in [1.29, 1.82) is 0 Å². The lowest BCUT2D eigenvalue weighted by molar-refractivity contribution is 0.130. The van der Waals surface area contributed by atoms with Gasteiger partial charge in [0, 0.05) is 13.2 Å². The molecule has 0 aliphatic heterocycles. The summed E-state index contributed by atoms with van der Waals surface area (Å²) in [5, 5.41) is 0. The smallest absolute Gasteiger partial charge is 0.126 e. The number of rotatable bonds is 15. The van der Waals surface area contributed by atoms with E-state index >= 15 is 0 Å². The number of hydrogen-bond donors (Lipinski definition) is 0. The lowest BCUT2D eigenvalue weighted by atomic mass is 10.0. The Hall–Kier alpha value is -0.890. The van der Waals surface area contributed by atoms with Crippen LogP contribution in [-0.4, -0.2) is 13.2 Å². The number of ether oxygens (including phenoxy) is 1. The highest BCUT2D eigenvalue weighted by Gasteiger charge is 2.00. The zero-order valence-corrected chi connectivity index (χ0v) is 15.0. The van der Waals surface area contributed by atoms with E-state index in [0.29, 0.717) is 0 Å². The summed E-state index contributed by atoms with van der Waals surface area (Å²) in [6.45, 7) is 4.01. The Morgan fingerprint density at radius 2 is 1.30 bits per heavy atom. The zero-order valence-electron chi connectivity index (χ0n) is 15.0. The lowest BCUT2D eigenvalue weighted by Gasteiger charge is -2.04. The number of aryl methyl sites for hydroxylation is 1. The lowest BCUT2D eigenvalue weighted by Crippen LogP contribution is -1.95. The third-order valence-corrected chi connectivity index (χ3v) is 4.29. The highest BCUT2D eigenvalue weighted by molar-refractivity contribution is 5.17. The number of unbranched alkanes of at least 4 members (excludes halogenated alkanes) is 9. The number of benzene rings is 1. The van der Waals surface area contributed by atoms with Crippen LogP contribution in [0, 0.1) is 5.82 Å². The van der Waals surface area contributed by atoms with Gasteiger partial charge in [-0.1, -0.05) is 76.5 Å². The van der Waals surface area contributed by atoms with Crippen LogP contribution < -0.4 is 0 Å². The average molecular weight is 323 g/mol. The molecule has 23 heavy (non-hydrogen) atoms. The second-order valence-corrected chi connectivity index (χ2v) is 6.49. The fourth-order valence-electron chi connectivity index (χ4n) is 2.88. The first-order chi connectivity index (χ1) is 11.3. The van der Waals surface area contributed by atoms with E-state index in [1.807, 2.05) is 12.1 Å². The van der Waals surface area contributed by atoms with Gasteiger partial charge in [-0.05, 0) is 37.3 Å². The number of hydrogen-bond acceptors (Lipinski definition) is 1. The molecular weight excluding hydrogens is 287 g/mol. The summed E-state index contributed by atoms with van der Waals surface area (Å²) in [7, 11) is 0. The SMILES string of the molecule is CCCOCCCCCCCCCCCCc1ccccc1F. The Kier molecular flexibility index (Phi) is 12.9. The first-order valence-corrected chi connectivity index (χ1v) is 9.65. The minimum atomic E-state index is -0.0485. The molecule has 0 aliphatic carbocycles. The third-order valence-electron chi connectivity index (χ3n) is 4.29. The summed E-state index contributed by atoms with van der Waals surface area (Å²) in [6.07, 6.45) is 14.9. The molecule has 0 atom stereocenters. The molecule has 0 heterocycles. The van der Waals surface area contributed by atoms with Gasteiger partial charge in [-0.3, -0.25) is 0 Å². The van der Waals surface area contributed by atoms with Crippen LogP contribution in [0.4, 0.5) is 4.39 Å². The fraction of sp³-hybridized carbons (Fsp3) is 0.714. The average Bonchev–Trinajstić information content (AvgIpc) is 2.57. The molecule has 0 aliphatic rings. The Labute approximate surface area is 142 Å². The van der Waals surface area contributed by atoms with Gasteiger partial charge < -0.3 is 4.74 Å². The van der Waals surface area contributed by atoms with E-state index in [1.165, 1.54) is 57.8 Å². The van der Waals surface area contributed by atoms with E-state index in [9.17, 15) is 4.39 Å². The molecule has 0 saturated heterocycles. The summed E-state index contributed by atoms with van der Waals surface area (Å²) in [5.41, 5.74) is 0.871. The highest BCUT2D eigenvalue weighted by atomic mass is 19.1. The van der Waals surface area contributed by atoms with Crippen molar-refractivity contribution in [2.75, 3.05) is 13.2 Å². The summed E-state index contributed by atoms with van der Waals surface area (Å²) < 4.78 is 18.9. The van der Waals surface area contributed by atoms with Gasteiger partial charge in [-0.25, -0.2) is 4.39 Å². The van der Waals surface area contributed by atoms with E-state index in [2.05, 4.69) is 6.92 Å². The van der Waals surface area contributed by atoms with Crippen molar-refractivity contribution >= 4 is 0 Å². The van der Waals surface area contributed by atoms with Gasteiger partial charge in [-0.2, -0.15) is 0 Å². The molecule has 2 heteroatoms. The van der Waals surface area contributed by atoms with Crippen molar-refractivity contribution in [3.05, 3.63) is 35.6 Å².